The molecule has 0 fully saturated rings. The minimum atomic E-state index is -3.28. The van der Waals surface area contributed by atoms with Crippen LogP contribution in [0.4, 0.5) is 18.3 Å². The molecule has 0 saturated heterocycles. The molecule has 30 heavy (non-hydrogen) atoms. The lowest BCUT2D eigenvalue weighted by atomic mass is 9.99. The van der Waals surface area contributed by atoms with E-state index in [9.17, 15) is 23.1 Å². The lowest BCUT2D eigenvalue weighted by Gasteiger charge is -2.22. The Morgan fingerprint density at radius 1 is 1.10 bits per heavy atom. The van der Waals surface area contributed by atoms with Gasteiger partial charge in [0.1, 0.15) is 19.1 Å². The molecule has 158 valence electrons. The van der Waals surface area contributed by atoms with Crippen molar-refractivity contribution in [3.63, 3.8) is 0 Å². The van der Waals surface area contributed by atoms with Gasteiger partial charge in [-0.05, 0) is 17.2 Å². The fourth-order valence-corrected chi connectivity index (χ4v) is 3.09. The van der Waals surface area contributed by atoms with Crippen LogP contribution in [0.3, 0.4) is 0 Å². The van der Waals surface area contributed by atoms with Gasteiger partial charge in [0.05, 0.1) is 18.3 Å². The van der Waals surface area contributed by atoms with Gasteiger partial charge in [0.15, 0.2) is 0 Å². The molecule has 1 amide bonds. The summed E-state index contributed by atoms with van der Waals surface area (Å²) in [6.45, 7) is -0.687. The van der Waals surface area contributed by atoms with E-state index in [1.807, 2.05) is 12.1 Å². The monoisotopic (exact) mass is 437 g/mol. The topological polar surface area (TPSA) is 100 Å². The molecule has 2 heterocycles. The summed E-state index contributed by atoms with van der Waals surface area (Å²) in [5.74, 6) is -1.62. The molecule has 11 heteroatoms. The number of amides is 1. The number of hydrogen-bond acceptors (Lipinski definition) is 7. The Morgan fingerprint density at radius 2 is 1.83 bits per heavy atom. The van der Waals surface area contributed by atoms with E-state index in [4.69, 9.17) is 0 Å². The first-order valence-electron chi connectivity index (χ1n) is 8.86. The number of nitrogens with zero attached hydrogens (tertiary/aromatic N) is 3. The number of rotatable bonds is 9. The minimum Gasteiger partial charge on any atom is -0.386 e. The molecule has 1 unspecified atom stereocenters. The fraction of sp³-hybridized carbons (Fsp3) is 0.263. The SMILES string of the molecule is O=C(NC(CF)[C@H](O)c1ccc(-c2ccc(CNc3ncns3)nc2)cc1)C(F)F. The average Bonchev–Trinajstić information content (AvgIpc) is 3.29. The number of alkyl halides is 3. The Balaban J connectivity index is 1.63. The van der Waals surface area contributed by atoms with E-state index in [1.54, 1.807) is 35.8 Å². The molecule has 0 saturated carbocycles. The van der Waals surface area contributed by atoms with Gasteiger partial charge in [-0.15, -0.1) is 0 Å². The number of anilines is 1. The van der Waals surface area contributed by atoms with Gasteiger partial charge in [-0.3, -0.25) is 9.78 Å². The van der Waals surface area contributed by atoms with Gasteiger partial charge in [0, 0.05) is 23.3 Å². The number of aromatic nitrogens is 3. The third kappa shape index (κ3) is 5.51. The summed E-state index contributed by atoms with van der Waals surface area (Å²) in [6.07, 6.45) is -1.58. The fourth-order valence-electron chi connectivity index (χ4n) is 2.67. The van der Waals surface area contributed by atoms with Crippen LogP contribution in [0.5, 0.6) is 0 Å². The Bertz CT molecular complexity index is 940. The number of carbonyl (C=O) groups excluding carboxylic acids is 1. The zero-order valence-corrected chi connectivity index (χ0v) is 16.3. The van der Waals surface area contributed by atoms with Crippen molar-refractivity contribution in [3.8, 4) is 11.1 Å². The Labute approximate surface area is 174 Å². The highest BCUT2D eigenvalue weighted by Gasteiger charge is 2.26. The first-order chi connectivity index (χ1) is 14.5. The predicted molar refractivity (Wildman–Crippen MR) is 106 cm³/mol. The maximum Gasteiger partial charge on any atom is 0.315 e. The summed E-state index contributed by atoms with van der Waals surface area (Å²) in [5, 5.41) is 15.8. The highest BCUT2D eigenvalue weighted by atomic mass is 32.1. The molecule has 3 rings (SSSR count). The number of nitrogens with one attached hydrogen (secondary N) is 2. The molecule has 0 bridgehead atoms. The van der Waals surface area contributed by atoms with Crippen LogP contribution in [0.25, 0.3) is 11.1 Å². The molecule has 0 aliphatic rings. The quantitative estimate of drug-likeness (QED) is 0.476. The molecule has 3 N–H and O–H groups in total. The van der Waals surface area contributed by atoms with Gasteiger partial charge < -0.3 is 15.7 Å². The summed E-state index contributed by atoms with van der Waals surface area (Å²) in [7, 11) is 0. The van der Waals surface area contributed by atoms with Gasteiger partial charge in [0.25, 0.3) is 5.91 Å². The molecule has 0 aliphatic carbocycles. The number of halogens is 3. The molecule has 1 aromatic carbocycles. The van der Waals surface area contributed by atoms with Gasteiger partial charge in [-0.25, -0.2) is 9.37 Å². The normalized spacial score (nSPS) is 13.1. The van der Waals surface area contributed by atoms with Gasteiger partial charge in [-0.1, -0.05) is 30.3 Å². The summed E-state index contributed by atoms with van der Waals surface area (Å²) >= 11 is 1.25. The van der Waals surface area contributed by atoms with Crippen LogP contribution >= 0.6 is 11.5 Å². The number of benzene rings is 1. The number of aliphatic hydroxyl groups excluding tert-OH is 1. The number of aliphatic hydroxyl groups is 1. The van der Waals surface area contributed by atoms with Crippen LogP contribution in [0.15, 0.2) is 48.9 Å². The van der Waals surface area contributed by atoms with Crippen molar-refractivity contribution in [2.75, 3.05) is 12.0 Å². The van der Waals surface area contributed by atoms with Crippen LogP contribution in [0.2, 0.25) is 0 Å². The lowest BCUT2D eigenvalue weighted by Crippen LogP contribution is -2.43. The Morgan fingerprint density at radius 3 is 2.40 bits per heavy atom. The lowest BCUT2D eigenvalue weighted by molar-refractivity contribution is -0.133. The van der Waals surface area contributed by atoms with Gasteiger partial charge in [-0.2, -0.15) is 13.2 Å². The molecule has 0 spiro atoms. The van der Waals surface area contributed by atoms with Crippen LogP contribution < -0.4 is 10.6 Å². The molecule has 2 atom stereocenters. The number of hydrogen-bond donors (Lipinski definition) is 3. The third-order valence-corrected chi connectivity index (χ3v) is 4.89. The van der Waals surface area contributed by atoms with E-state index in [2.05, 4.69) is 19.7 Å². The Kier molecular flexibility index (Phi) is 7.31. The zero-order chi connectivity index (χ0) is 21.5. The van der Waals surface area contributed by atoms with Crippen molar-refractivity contribution < 1.29 is 23.1 Å². The summed E-state index contributed by atoms with van der Waals surface area (Å²) < 4.78 is 41.7. The summed E-state index contributed by atoms with van der Waals surface area (Å²) in [6, 6.07) is 8.75. The first-order valence-corrected chi connectivity index (χ1v) is 9.63. The first kappa shape index (κ1) is 21.7. The smallest absolute Gasteiger partial charge is 0.315 e. The highest BCUT2D eigenvalue weighted by Crippen LogP contribution is 2.24. The van der Waals surface area contributed by atoms with E-state index in [0.29, 0.717) is 17.2 Å². The van der Waals surface area contributed by atoms with Crippen molar-refractivity contribution in [3.05, 3.63) is 60.2 Å². The second kappa shape index (κ2) is 10.1. The van der Waals surface area contributed by atoms with E-state index in [-0.39, 0.29) is 0 Å². The second-order valence-corrected chi connectivity index (χ2v) is 7.06. The van der Waals surface area contributed by atoms with Crippen LogP contribution in [-0.4, -0.2) is 44.5 Å². The highest BCUT2D eigenvalue weighted by molar-refractivity contribution is 7.09. The van der Waals surface area contributed by atoms with E-state index >= 15 is 0 Å². The van der Waals surface area contributed by atoms with E-state index in [0.717, 1.165) is 16.8 Å². The van der Waals surface area contributed by atoms with Crippen molar-refractivity contribution >= 4 is 22.6 Å². The summed E-state index contributed by atoms with van der Waals surface area (Å²) in [4.78, 5) is 19.5. The standard InChI is InChI=1S/C19H18F3N5O2S/c20-7-15(27-18(29)17(21)22)16(28)12-3-1-11(2-4-12)13-5-6-14(23-8-13)9-24-19-25-10-26-30-19/h1-6,8,10,15-17,28H,7,9H2,(H,27,29)(H,24,25,26)/t15?,16-/m1/s1. The third-order valence-electron chi connectivity index (χ3n) is 4.27. The molecule has 7 nitrogen and oxygen atoms in total. The number of carbonyl (C=O) groups is 1. The second-order valence-electron chi connectivity index (χ2n) is 6.28. The molecular formula is C19H18F3N5O2S. The molecule has 0 aliphatic heterocycles. The Hall–Kier alpha value is -3.05. The molecule has 2 aromatic heterocycles. The van der Waals surface area contributed by atoms with Crippen LogP contribution in [0.1, 0.15) is 17.4 Å². The van der Waals surface area contributed by atoms with Crippen molar-refractivity contribution in [1.82, 2.24) is 19.7 Å². The molecular weight excluding hydrogens is 419 g/mol. The minimum absolute atomic E-state index is 0.293. The largest absolute Gasteiger partial charge is 0.386 e. The number of pyridine rings is 1. The molecule has 3 aromatic rings. The van der Waals surface area contributed by atoms with Gasteiger partial charge in [0.2, 0.25) is 5.13 Å². The maximum absolute atomic E-state index is 13.1. The van der Waals surface area contributed by atoms with E-state index in [1.165, 1.54) is 17.9 Å². The van der Waals surface area contributed by atoms with Crippen molar-refractivity contribution in [2.24, 2.45) is 0 Å². The molecule has 0 radical (unpaired) electrons. The predicted octanol–water partition coefficient (Wildman–Crippen LogP) is 2.97. The van der Waals surface area contributed by atoms with Crippen LogP contribution in [0, 0.1) is 0 Å². The maximum atomic E-state index is 13.1. The van der Waals surface area contributed by atoms with E-state index < -0.39 is 31.2 Å². The average molecular weight is 437 g/mol. The summed E-state index contributed by atoms with van der Waals surface area (Å²) in [5.41, 5.74) is 2.72. The van der Waals surface area contributed by atoms with Gasteiger partial charge >= 0.3 is 6.43 Å². The van der Waals surface area contributed by atoms with Crippen LogP contribution in [-0.2, 0) is 11.3 Å². The zero-order valence-electron chi connectivity index (χ0n) is 15.5. The van der Waals surface area contributed by atoms with Crippen molar-refractivity contribution in [2.45, 2.75) is 25.1 Å². The van der Waals surface area contributed by atoms with Crippen molar-refractivity contribution in [1.29, 1.82) is 0 Å².